The third-order valence-corrected chi connectivity index (χ3v) is 9.79. The number of hydrogen-bond donors (Lipinski definition) is 0. The summed E-state index contributed by atoms with van der Waals surface area (Å²) in [7, 11) is 11.2. The summed E-state index contributed by atoms with van der Waals surface area (Å²) in [5.41, 5.74) is 5.91. The molecule has 1 aliphatic rings. The number of hydrogen-bond acceptors (Lipinski definition) is 10. The van der Waals surface area contributed by atoms with E-state index in [-0.39, 0.29) is 36.8 Å². The number of carbonyl (C=O) groups is 1. The van der Waals surface area contributed by atoms with Crippen LogP contribution in [0.25, 0.3) is 22.4 Å². The molecule has 1 fully saturated rings. The first-order valence-electron chi connectivity index (χ1n) is 17.7. The highest BCUT2D eigenvalue weighted by atomic mass is 35.5. The molecule has 0 unspecified atom stereocenters. The Morgan fingerprint density at radius 2 is 1.20 bits per heavy atom. The standard InChI is InChI=1S/C43H47N3O8.2ClH/c1-48-35-13-11-33(12-14-35)46(43(47)30-10-8-9-29(22-30)31-23-37(49-2)41(53-6)38(24-31)50-3)34-16-19-45(20-17-34)27-28-15-18-44-36(21-28)32-25-39(51-4)42(54-7)40(26-32)52-5;;/h8-15,18,21-26,34H,16-17,19-20,27H2,1-7H3;2*1H. The number of amides is 1. The third kappa shape index (κ3) is 9.35. The van der Waals surface area contributed by atoms with Crippen molar-refractivity contribution >= 4 is 36.4 Å². The number of nitrogens with zero attached hydrogens (tertiary/aromatic N) is 3. The first-order chi connectivity index (χ1) is 26.3. The maximum atomic E-state index is 14.6. The summed E-state index contributed by atoms with van der Waals surface area (Å²) < 4.78 is 38.8. The summed E-state index contributed by atoms with van der Waals surface area (Å²) >= 11 is 0. The second kappa shape index (κ2) is 20.0. The van der Waals surface area contributed by atoms with Gasteiger partial charge in [0.1, 0.15) is 5.75 Å². The van der Waals surface area contributed by atoms with Crippen molar-refractivity contribution in [2.75, 3.05) is 67.8 Å². The molecule has 1 aliphatic heterocycles. The lowest BCUT2D eigenvalue weighted by atomic mass is 9.98. The Balaban J connectivity index is 0.00000348. The summed E-state index contributed by atoms with van der Waals surface area (Å²) in [6.45, 7) is 2.38. The van der Waals surface area contributed by atoms with Crippen LogP contribution in [-0.2, 0) is 6.54 Å². The number of anilines is 1. The predicted octanol–water partition coefficient (Wildman–Crippen LogP) is 8.63. The van der Waals surface area contributed by atoms with Crippen LogP contribution in [0.5, 0.6) is 40.2 Å². The van der Waals surface area contributed by atoms with Gasteiger partial charge in [0.05, 0.1) is 55.5 Å². The molecule has 0 spiro atoms. The first kappa shape index (κ1) is 43.4. The van der Waals surface area contributed by atoms with Crippen LogP contribution in [0, 0.1) is 0 Å². The quantitative estimate of drug-likeness (QED) is 0.108. The Bertz CT molecular complexity index is 2020. The third-order valence-electron chi connectivity index (χ3n) is 9.79. The molecular weight excluding hydrogens is 757 g/mol. The van der Waals surface area contributed by atoms with Crippen molar-refractivity contribution in [3.05, 3.63) is 102 Å². The van der Waals surface area contributed by atoms with Crippen LogP contribution in [-0.4, -0.2) is 84.7 Å². The summed E-state index contributed by atoms with van der Waals surface area (Å²) in [5, 5.41) is 0. The lowest BCUT2D eigenvalue weighted by molar-refractivity contribution is 0.0958. The van der Waals surface area contributed by atoms with E-state index in [0.717, 1.165) is 71.9 Å². The van der Waals surface area contributed by atoms with Gasteiger partial charge in [-0.3, -0.25) is 14.7 Å². The lowest BCUT2D eigenvalue weighted by Gasteiger charge is -2.39. The Kier molecular flexibility index (Phi) is 15.5. The molecule has 0 saturated carbocycles. The van der Waals surface area contributed by atoms with Crippen molar-refractivity contribution in [2.45, 2.75) is 25.4 Å². The van der Waals surface area contributed by atoms with Crippen LogP contribution in [0.15, 0.2) is 91.1 Å². The fraction of sp³-hybridized carbons (Fsp3) is 0.302. The number of halogens is 2. The van der Waals surface area contributed by atoms with Gasteiger partial charge in [0.2, 0.25) is 11.5 Å². The van der Waals surface area contributed by atoms with Crippen LogP contribution < -0.4 is 38.1 Å². The van der Waals surface area contributed by atoms with Gasteiger partial charge in [-0.25, -0.2) is 0 Å². The van der Waals surface area contributed by atoms with Gasteiger partial charge >= 0.3 is 0 Å². The average Bonchev–Trinajstić information content (AvgIpc) is 3.23. The van der Waals surface area contributed by atoms with E-state index in [0.29, 0.717) is 40.1 Å². The van der Waals surface area contributed by atoms with Crippen LogP contribution in [0.2, 0.25) is 0 Å². The van der Waals surface area contributed by atoms with E-state index in [1.165, 1.54) is 0 Å². The van der Waals surface area contributed by atoms with Crippen molar-refractivity contribution in [2.24, 2.45) is 0 Å². The molecule has 2 heterocycles. The zero-order valence-electron chi connectivity index (χ0n) is 32.7. The van der Waals surface area contributed by atoms with Gasteiger partial charge < -0.3 is 38.1 Å². The molecule has 298 valence electrons. The SMILES string of the molecule is COc1ccc(N(C(=O)c2cccc(-c3cc(OC)c(OC)c(OC)c3)c2)C2CCN(Cc3ccnc(-c4cc(OC)c(OC)c(OC)c4)c3)CC2)cc1.Cl.Cl. The number of rotatable bonds is 14. The Labute approximate surface area is 341 Å². The smallest absolute Gasteiger partial charge is 0.258 e. The van der Waals surface area contributed by atoms with E-state index in [1.807, 2.05) is 90.0 Å². The van der Waals surface area contributed by atoms with E-state index in [2.05, 4.69) is 16.0 Å². The van der Waals surface area contributed by atoms with Gasteiger partial charge in [-0.15, -0.1) is 24.8 Å². The van der Waals surface area contributed by atoms with Crippen molar-refractivity contribution in [1.82, 2.24) is 9.88 Å². The number of ether oxygens (including phenoxy) is 7. The Morgan fingerprint density at radius 3 is 1.71 bits per heavy atom. The molecule has 13 heteroatoms. The molecule has 6 rings (SSSR count). The molecule has 56 heavy (non-hydrogen) atoms. The van der Waals surface area contributed by atoms with Gasteiger partial charge in [-0.05, 0) is 102 Å². The van der Waals surface area contributed by atoms with Gasteiger partial charge in [-0.2, -0.15) is 0 Å². The van der Waals surface area contributed by atoms with E-state index in [9.17, 15) is 4.79 Å². The topological polar surface area (TPSA) is 101 Å². The minimum Gasteiger partial charge on any atom is -0.497 e. The van der Waals surface area contributed by atoms with E-state index in [4.69, 9.17) is 33.2 Å². The number of piperidine rings is 1. The largest absolute Gasteiger partial charge is 0.497 e. The molecule has 1 aromatic heterocycles. The number of methoxy groups -OCH3 is 7. The maximum absolute atomic E-state index is 14.6. The van der Waals surface area contributed by atoms with Crippen LogP contribution in [0.4, 0.5) is 5.69 Å². The monoisotopic (exact) mass is 805 g/mol. The zero-order chi connectivity index (χ0) is 38.2. The molecule has 0 N–H and O–H groups in total. The highest BCUT2D eigenvalue weighted by Gasteiger charge is 2.30. The Hall–Kier alpha value is -5.36. The van der Waals surface area contributed by atoms with Gasteiger partial charge in [0, 0.05) is 48.7 Å². The molecule has 11 nitrogen and oxygen atoms in total. The molecule has 0 aliphatic carbocycles. The average molecular weight is 807 g/mol. The molecule has 1 saturated heterocycles. The van der Waals surface area contributed by atoms with Crippen LogP contribution in [0.1, 0.15) is 28.8 Å². The molecule has 1 amide bonds. The first-order valence-corrected chi connectivity index (χ1v) is 17.7. The van der Waals surface area contributed by atoms with Crippen LogP contribution >= 0.6 is 24.8 Å². The lowest BCUT2D eigenvalue weighted by Crippen LogP contribution is -2.47. The number of likely N-dealkylation sites (tertiary alicyclic amines) is 1. The number of pyridine rings is 1. The summed E-state index contributed by atoms with van der Waals surface area (Å²) in [6, 6.07) is 27.1. The number of carbonyl (C=O) groups excluding carboxylic acids is 1. The molecule has 5 aromatic rings. The second-order valence-electron chi connectivity index (χ2n) is 12.8. The normalized spacial score (nSPS) is 12.7. The fourth-order valence-corrected chi connectivity index (χ4v) is 7.01. The Morgan fingerprint density at radius 1 is 0.643 bits per heavy atom. The summed E-state index contributed by atoms with van der Waals surface area (Å²) in [5.74, 6) is 3.94. The van der Waals surface area contributed by atoms with E-state index in [1.54, 1.807) is 49.8 Å². The summed E-state index contributed by atoms with van der Waals surface area (Å²) in [4.78, 5) is 23.6. The van der Waals surface area contributed by atoms with Crippen molar-refractivity contribution in [3.8, 4) is 62.6 Å². The zero-order valence-corrected chi connectivity index (χ0v) is 34.3. The fourth-order valence-electron chi connectivity index (χ4n) is 7.01. The van der Waals surface area contributed by atoms with E-state index >= 15 is 0 Å². The minimum atomic E-state index is -0.0722. The highest BCUT2D eigenvalue weighted by molar-refractivity contribution is 6.07. The number of aromatic nitrogens is 1. The van der Waals surface area contributed by atoms with Crippen LogP contribution in [0.3, 0.4) is 0 Å². The molecule has 0 atom stereocenters. The van der Waals surface area contributed by atoms with Gasteiger partial charge in [0.15, 0.2) is 23.0 Å². The van der Waals surface area contributed by atoms with Crippen molar-refractivity contribution in [1.29, 1.82) is 0 Å². The molecular formula is C43H49Cl2N3O8. The van der Waals surface area contributed by atoms with Gasteiger partial charge in [0.25, 0.3) is 5.91 Å². The summed E-state index contributed by atoms with van der Waals surface area (Å²) in [6.07, 6.45) is 3.43. The van der Waals surface area contributed by atoms with Crippen molar-refractivity contribution < 1.29 is 38.0 Å². The minimum absolute atomic E-state index is 0. The molecule has 0 radical (unpaired) electrons. The molecule has 4 aromatic carbocycles. The molecule has 0 bridgehead atoms. The maximum Gasteiger partial charge on any atom is 0.258 e. The number of benzene rings is 4. The second-order valence-corrected chi connectivity index (χ2v) is 12.8. The van der Waals surface area contributed by atoms with E-state index < -0.39 is 0 Å². The predicted molar refractivity (Wildman–Crippen MR) is 223 cm³/mol. The highest BCUT2D eigenvalue weighted by Crippen LogP contribution is 2.42. The van der Waals surface area contributed by atoms with Gasteiger partial charge in [-0.1, -0.05) is 12.1 Å². The van der Waals surface area contributed by atoms with Crippen molar-refractivity contribution in [3.63, 3.8) is 0 Å².